The van der Waals surface area contributed by atoms with Gasteiger partial charge < -0.3 is 11.1 Å². The number of thioether (sulfide) groups is 1. The molecule has 4 nitrogen and oxygen atoms in total. The largest absolute Gasteiger partial charge is 0.399 e. The predicted molar refractivity (Wildman–Crippen MR) is 78.0 cm³/mol. The number of amides is 1. The van der Waals surface area contributed by atoms with E-state index in [1.54, 1.807) is 6.20 Å². The summed E-state index contributed by atoms with van der Waals surface area (Å²) in [6, 6.07) is 11.1. The zero-order chi connectivity index (χ0) is 13.7. The molecule has 5 heteroatoms. The molecule has 0 spiro atoms. The van der Waals surface area contributed by atoms with Gasteiger partial charge in [-0.2, -0.15) is 0 Å². The van der Waals surface area contributed by atoms with Crippen molar-refractivity contribution in [2.24, 2.45) is 0 Å². The van der Waals surface area contributed by atoms with Crippen molar-refractivity contribution in [1.82, 2.24) is 10.3 Å². The molecule has 0 fully saturated rings. The second-order valence-electron chi connectivity index (χ2n) is 3.98. The third-order valence-corrected chi connectivity index (χ3v) is 3.41. The number of nitrogen functional groups attached to an aromatic ring is 1. The lowest BCUT2D eigenvalue weighted by atomic mass is 10.2. The average molecular weight is 273 g/mol. The minimum absolute atomic E-state index is 0.165. The number of nitrogens with two attached hydrogens (primary N) is 1. The monoisotopic (exact) mass is 273 g/mol. The van der Waals surface area contributed by atoms with Gasteiger partial charge in [0, 0.05) is 23.3 Å². The van der Waals surface area contributed by atoms with Gasteiger partial charge in [0.25, 0.3) is 5.91 Å². The van der Waals surface area contributed by atoms with Crippen LogP contribution < -0.4 is 11.1 Å². The number of nitrogens with one attached hydrogen (secondary N) is 1. The molecule has 1 aromatic heterocycles. The molecule has 0 saturated carbocycles. The zero-order valence-electron chi connectivity index (χ0n) is 10.6. The van der Waals surface area contributed by atoms with Crippen LogP contribution in [0, 0.1) is 0 Å². The van der Waals surface area contributed by atoms with E-state index in [4.69, 9.17) is 5.73 Å². The summed E-state index contributed by atoms with van der Waals surface area (Å²) in [5.41, 5.74) is 7.79. The van der Waals surface area contributed by atoms with Gasteiger partial charge in [0.15, 0.2) is 0 Å². The standard InChI is InChI=1S/C14H15N3OS/c1-19-12-3-2-8-16-13(12)14(18)17-9-10-4-6-11(15)7-5-10/h2-8H,9,15H2,1H3,(H,17,18). The Kier molecular flexibility index (Phi) is 4.41. The molecule has 19 heavy (non-hydrogen) atoms. The van der Waals surface area contributed by atoms with Gasteiger partial charge in [0.05, 0.1) is 0 Å². The van der Waals surface area contributed by atoms with Crippen LogP contribution in [0.15, 0.2) is 47.5 Å². The molecule has 0 radical (unpaired) electrons. The fourth-order valence-electron chi connectivity index (χ4n) is 1.63. The first-order chi connectivity index (χ1) is 9.20. The van der Waals surface area contributed by atoms with Crippen LogP contribution in [0.25, 0.3) is 0 Å². The van der Waals surface area contributed by atoms with E-state index >= 15 is 0 Å². The van der Waals surface area contributed by atoms with Crippen LogP contribution in [0.5, 0.6) is 0 Å². The minimum Gasteiger partial charge on any atom is -0.399 e. The molecule has 0 saturated heterocycles. The van der Waals surface area contributed by atoms with Crippen molar-refractivity contribution in [2.45, 2.75) is 11.4 Å². The summed E-state index contributed by atoms with van der Waals surface area (Å²) in [7, 11) is 0. The van der Waals surface area contributed by atoms with E-state index in [2.05, 4.69) is 10.3 Å². The molecule has 0 aliphatic carbocycles. The van der Waals surface area contributed by atoms with E-state index in [1.807, 2.05) is 42.7 Å². The van der Waals surface area contributed by atoms with Gasteiger partial charge in [-0.25, -0.2) is 4.98 Å². The van der Waals surface area contributed by atoms with E-state index < -0.39 is 0 Å². The Morgan fingerprint density at radius 2 is 2.05 bits per heavy atom. The topological polar surface area (TPSA) is 68.0 Å². The fraction of sp³-hybridized carbons (Fsp3) is 0.143. The van der Waals surface area contributed by atoms with E-state index in [9.17, 15) is 4.79 Å². The van der Waals surface area contributed by atoms with Crippen molar-refractivity contribution in [3.05, 3.63) is 53.9 Å². The first-order valence-electron chi connectivity index (χ1n) is 5.82. The summed E-state index contributed by atoms with van der Waals surface area (Å²) in [6.45, 7) is 0.462. The maximum Gasteiger partial charge on any atom is 0.271 e. The van der Waals surface area contributed by atoms with Gasteiger partial charge in [-0.05, 0) is 36.1 Å². The number of rotatable bonds is 4. The van der Waals surface area contributed by atoms with Crippen LogP contribution in [-0.2, 0) is 6.54 Å². The molecular weight excluding hydrogens is 258 g/mol. The van der Waals surface area contributed by atoms with Gasteiger partial charge >= 0.3 is 0 Å². The Morgan fingerprint density at radius 1 is 1.32 bits per heavy atom. The quantitative estimate of drug-likeness (QED) is 0.662. The van der Waals surface area contributed by atoms with Gasteiger partial charge in [-0.15, -0.1) is 11.8 Å². The molecule has 2 aromatic rings. The number of nitrogens with zero attached hydrogens (tertiary/aromatic N) is 1. The molecule has 0 bridgehead atoms. The number of hydrogen-bond acceptors (Lipinski definition) is 4. The third kappa shape index (κ3) is 3.48. The Bertz CT molecular complexity index is 569. The first-order valence-corrected chi connectivity index (χ1v) is 7.05. The van der Waals surface area contributed by atoms with Crippen LogP contribution in [0.3, 0.4) is 0 Å². The highest BCUT2D eigenvalue weighted by Gasteiger charge is 2.11. The molecule has 1 heterocycles. The Hall–Kier alpha value is -2.01. The number of pyridine rings is 1. The normalized spacial score (nSPS) is 10.2. The molecule has 0 atom stereocenters. The summed E-state index contributed by atoms with van der Waals surface area (Å²) < 4.78 is 0. The van der Waals surface area contributed by atoms with Gasteiger partial charge in [-0.3, -0.25) is 4.79 Å². The van der Waals surface area contributed by atoms with Crippen LogP contribution in [0.1, 0.15) is 16.1 Å². The lowest BCUT2D eigenvalue weighted by Crippen LogP contribution is -2.24. The molecule has 1 aromatic carbocycles. The zero-order valence-corrected chi connectivity index (χ0v) is 11.4. The van der Waals surface area contributed by atoms with Crippen molar-refractivity contribution < 1.29 is 4.79 Å². The second-order valence-corrected chi connectivity index (χ2v) is 4.83. The van der Waals surface area contributed by atoms with Gasteiger partial charge in [0.2, 0.25) is 0 Å². The summed E-state index contributed by atoms with van der Waals surface area (Å²) in [5, 5.41) is 2.85. The number of aromatic nitrogens is 1. The smallest absolute Gasteiger partial charge is 0.271 e. The Morgan fingerprint density at radius 3 is 2.74 bits per heavy atom. The third-order valence-electron chi connectivity index (χ3n) is 2.64. The Balaban J connectivity index is 2.03. The molecule has 3 N–H and O–H groups in total. The number of hydrogen-bond donors (Lipinski definition) is 2. The summed E-state index contributed by atoms with van der Waals surface area (Å²) >= 11 is 1.51. The number of carbonyl (C=O) groups is 1. The van der Waals surface area contributed by atoms with Crippen molar-refractivity contribution in [3.8, 4) is 0 Å². The van der Waals surface area contributed by atoms with Crippen molar-refractivity contribution in [2.75, 3.05) is 12.0 Å². The molecule has 98 valence electrons. The first kappa shape index (κ1) is 13.4. The minimum atomic E-state index is -0.165. The van der Waals surface area contributed by atoms with Crippen molar-refractivity contribution in [3.63, 3.8) is 0 Å². The lowest BCUT2D eigenvalue weighted by Gasteiger charge is -2.07. The lowest BCUT2D eigenvalue weighted by molar-refractivity contribution is 0.0942. The van der Waals surface area contributed by atoms with Gasteiger partial charge in [0.1, 0.15) is 5.69 Å². The summed E-state index contributed by atoms with van der Waals surface area (Å²) in [4.78, 5) is 17.0. The van der Waals surface area contributed by atoms with E-state index in [-0.39, 0.29) is 5.91 Å². The molecule has 0 aliphatic rings. The molecular formula is C14H15N3OS. The number of anilines is 1. The predicted octanol–water partition coefficient (Wildman–Crippen LogP) is 2.32. The van der Waals surface area contributed by atoms with E-state index in [1.165, 1.54) is 11.8 Å². The van der Waals surface area contributed by atoms with Crippen molar-refractivity contribution >= 4 is 23.4 Å². The van der Waals surface area contributed by atoms with Gasteiger partial charge in [-0.1, -0.05) is 12.1 Å². The highest BCUT2D eigenvalue weighted by molar-refractivity contribution is 7.98. The maximum atomic E-state index is 12.1. The SMILES string of the molecule is CSc1cccnc1C(=O)NCc1ccc(N)cc1. The van der Waals surface area contributed by atoms with Crippen LogP contribution in [0.4, 0.5) is 5.69 Å². The fourth-order valence-corrected chi connectivity index (χ4v) is 2.18. The van der Waals surface area contributed by atoms with E-state index in [0.29, 0.717) is 17.9 Å². The van der Waals surface area contributed by atoms with Crippen LogP contribution >= 0.6 is 11.8 Å². The maximum absolute atomic E-state index is 12.1. The molecule has 1 amide bonds. The van der Waals surface area contributed by atoms with E-state index in [0.717, 1.165) is 10.5 Å². The summed E-state index contributed by atoms with van der Waals surface area (Å²) in [5.74, 6) is -0.165. The molecule has 0 aliphatic heterocycles. The highest BCUT2D eigenvalue weighted by Crippen LogP contribution is 2.17. The number of benzene rings is 1. The molecule has 2 rings (SSSR count). The second kappa shape index (κ2) is 6.24. The van der Waals surface area contributed by atoms with Crippen molar-refractivity contribution in [1.29, 1.82) is 0 Å². The Labute approximate surface area is 116 Å². The highest BCUT2D eigenvalue weighted by atomic mass is 32.2. The van der Waals surface area contributed by atoms with Crippen LogP contribution in [-0.4, -0.2) is 17.1 Å². The average Bonchev–Trinajstić information content (AvgIpc) is 2.46. The van der Waals surface area contributed by atoms with Crippen LogP contribution in [0.2, 0.25) is 0 Å². The summed E-state index contributed by atoms with van der Waals surface area (Å²) in [6.07, 6.45) is 3.55. The molecule has 0 unspecified atom stereocenters. The number of carbonyl (C=O) groups excluding carboxylic acids is 1.